The van der Waals surface area contributed by atoms with Gasteiger partial charge in [-0.1, -0.05) is 24.3 Å². The number of para-hydroxylation sites is 1. The maximum Gasteiger partial charge on any atom is 0.123 e. The van der Waals surface area contributed by atoms with Gasteiger partial charge in [0.05, 0.1) is 17.9 Å². The SMILES string of the molecule is Cc1cc(F)ccc1C(N)c1cnn(-c2ccccc2)c1. The highest BCUT2D eigenvalue weighted by Gasteiger charge is 2.14. The molecule has 0 fully saturated rings. The van der Waals surface area contributed by atoms with Gasteiger partial charge >= 0.3 is 0 Å². The molecule has 1 unspecified atom stereocenters. The molecule has 4 heteroatoms. The van der Waals surface area contributed by atoms with E-state index in [1.54, 1.807) is 16.9 Å². The second kappa shape index (κ2) is 5.50. The average molecular weight is 281 g/mol. The first-order valence-electron chi connectivity index (χ1n) is 6.77. The first kappa shape index (κ1) is 13.5. The highest BCUT2D eigenvalue weighted by molar-refractivity contribution is 5.37. The van der Waals surface area contributed by atoms with Crippen LogP contribution in [-0.2, 0) is 0 Å². The summed E-state index contributed by atoms with van der Waals surface area (Å²) in [4.78, 5) is 0. The molecule has 106 valence electrons. The fraction of sp³-hybridized carbons (Fsp3) is 0.118. The maximum absolute atomic E-state index is 13.2. The number of hydrogen-bond acceptors (Lipinski definition) is 2. The van der Waals surface area contributed by atoms with Crippen LogP contribution in [0.4, 0.5) is 4.39 Å². The molecule has 0 saturated carbocycles. The first-order valence-corrected chi connectivity index (χ1v) is 6.77. The molecule has 0 aliphatic rings. The summed E-state index contributed by atoms with van der Waals surface area (Å²) in [5.74, 6) is -0.247. The molecule has 3 nitrogen and oxygen atoms in total. The highest BCUT2D eigenvalue weighted by Crippen LogP contribution is 2.23. The Labute approximate surface area is 122 Å². The van der Waals surface area contributed by atoms with Gasteiger partial charge in [-0.05, 0) is 42.3 Å². The van der Waals surface area contributed by atoms with Gasteiger partial charge in [0.1, 0.15) is 5.82 Å². The molecule has 0 aliphatic heterocycles. The van der Waals surface area contributed by atoms with Crippen molar-refractivity contribution in [3.05, 3.63) is 83.4 Å². The number of nitrogens with two attached hydrogens (primary N) is 1. The van der Waals surface area contributed by atoms with Crippen molar-refractivity contribution in [3.63, 3.8) is 0 Å². The van der Waals surface area contributed by atoms with Gasteiger partial charge < -0.3 is 5.73 Å². The highest BCUT2D eigenvalue weighted by atomic mass is 19.1. The third-order valence-corrected chi connectivity index (χ3v) is 3.55. The van der Waals surface area contributed by atoms with Crippen molar-refractivity contribution in [3.8, 4) is 5.69 Å². The molecule has 0 saturated heterocycles. The molecule has 0 amide bonds. The zero-order valence-electron chi connectivity index (χ0n) is 11.7. The Morgan fingerprint density at radius 1 is 1.14 bits per heavy atom. The van der Waals surface area contributed by atoms with E-state index in [0.29, 0.717) is 0 Å². The standard InChI is InChI=1S/C17H16FN3/c1-12-9-14(18)7-8-16(12)17(19)13-10-20-21(11-13)15-5-3-2-4-6-15/h2-11,17H,19H2,1H3. The van der Waals surface area contributed by atoms with Crippen LogP contribution in [-0.4, -0.2) is 9.78 Å². The summed E-state index contributed by atoms with van der Waals surface area (Å²) in [5, 5.41) is 4.34. The summed E-state index contributed by atoms with van der Waals surface area (Å²) in [6.07, 6.45) is 3.66. The topological polar surface area (TPSA) is 43.8 Å². The van der Waals surface area contributed by atoms with Gasteiger partial charge in [0.15, 0.2) is 0 Å². The fourth-order valence-corrected chi connectivity index (χ4v) is 2.39. The van der Waals surface area contributed by atoms with Crippen molar-refractivity contribution in [2.24, 2.45) is 5.73 Å². The van der Waals surface area contributed by atoms with Crippen LogP contribution in [0.15, 0.2) is 60.9 Å². The predicted molar refractivity (Wildman–Crippen MR) is 80.7 cm³/mol. The van der Waals surface area contributed by atoms with Gasteiger partial charge in [0.25, 0.3) is 0 Å². The monoisotopic (exact) mass is 281 g/mol. The summed E-state index contributed by atoms with van der Waals surface area (Å²) in [6.45, 7) is 1.86. The normalized spacial score (nSPS) is 12.3. The summed E-state index contributed by atoms with van der Waals surface area (Å²) in [6, 6.07) is 14.2. The summed E-state index contributed by atoms with van der Waals surface area (Å²) >= 11 is 0. The molecule has 0 radical (unpaired) electrons. The molecule has 3 rings (SSSR count). The maximum atomic E-state index is 13.2. The second-order valence-corrected chi connectivity index (χ2v) is 5.03. The Morgan fingerprint density at radius 2 is 1.90 bits per heavy atom. The number of hydrogen-bond donors (Lipinski definition) is 1. The minimum atomic E-state index is -0.317. The Bertz CT molecular complexity index is 750. The minimum absolute atomic E-state index is 0.247. The smallest absolute Gasteiger partial charge is 0.123 e. The molecule has 1 aromatic heterocycles. The lowest BCUT2D eigenvalue weighted by Crippen LogP contribution is -2.12. The third kappa shape index (κ3) is 2.71. The van der Waals surface area contributed by atoms with E-state index in [1.165, 1.54) is 12.1 Å². The Hall–Kier alpha value is -2.46. The van der Waals surface area contributed by atoms with Crippen molar-refractivity contribution in [1.82, 2.24) is 9.78 Å². The van der Waals surface area contributed by atoms with Crippen LogP contribution < -0.4 is 5.73 Å². The summed E-state index contributed by atoms with van der Waals surface area (Å²) < 4.78 is 15.0. The zero-order valence-corrected chi connectivity index (χ0v) is 11.7. The lowest BCUT2D eigenvalue weighted by Gasteiger charge is -2.13. The molecule has 0 aliphatic carbocycles. The largest absolute Gasteiger partial charge is 0.320 e. The number of aryl methyl sites for hydroxylation is 1. The quantitative estimate of drug-likeness (QED) is 0.800. The van der Waals surface area contributed by atoms with Crippen LogP contribution in [0.3, 0.4) is 0 Å². The number of benzene rings is 2. The van der Waals surface area contributed by atoms with Crippen molar-refractivity contribution in [1.29, 1.82) is 0 Å². The molecular formula is C17H16FN3. The van der Waals surface area contributed by atoms with Crippen LogP contribution in [0.25, 0.3) is 5.69 Å². The van der Waals surface area contributed by atoms with Gasteiger partial charge in [-0.15, -0.1) is 0 Å². The minimum Gasteiger partial charge on any atom is -0.320 e. The average Bonchev–Trinajstić information content (AvgIpc) is 2.97. The Kier molecular flexibility index (Phi) is 3.54. The summed E-state index contributed by atoms with van der Waals surface area (Å²) in [5.41, 5.74) is 9.91. The van der Waals surface area contributed by atoms with Crippen LogP contribution in [0.2, 0.25) is 0 Å². The van der Waals surface area contributed by atoms with Crippen molar-refractivity contribution in [2.75, 3.05) is 0 Å². The van der Waals surface area contributed by atoms with Gasteiger partial charge in [-0.25, -0.2) is 9.07 Å². The van der Waals surface area contributed by atoms with E-state index in [9.17, 15) is 4.39 Å². The van der Waals surface area contributed by atoms with E-state index in [0.717, 1.165) is 22.4 Å². The van der Waals surface area contributed by atoms with Crippen molar-refractivity contribution in [2.45, 2.75) is 13.0 Å². The van der Waals surface area contributed by atoms with Crippen LogP contribution in [0.5, 0.6) is 0 Å². The van der Waals surface area contributed by atoms with Gasteiger partial charge in [-0.2, -0.15) is 5.10 Å². The lowest BCUT2D eigenvalue weighted by molar-refractivity contribution is 0.624. The molecule has 0 spiro atoms. The number of rotatable bonds is 3. The molecule has 1 heterocycles. The molecule has 2 aromatic carbocycles. The molecule has 3 aromatic rings. The van der Waals surface area contributed by atoms with Crippen molar-refractivity contribution < 1.29 is 4.39 Å². The van der Waals surface area contributed by atoms with E-state index < -0.39 is 0 Å². The first-order chi connectivity index (χ1) is 10.1. The van der Waals surface area contributed by atoms with E-state index in [1.807, 2.05) is 43.5 Å². The molecular weight excluding hydrogens is 265 g/mol. The Balaban J connectivity index is 1.92. The van der Waals surface area contributed by atoms with E-state index in [-0.39, 0.29) is 11.9 Å². The number of aromatic nitrogens is 2. The van der Waals surface area contributed by atoms with E-state index in [2.05, 4.69) is 5.10 Å². The third-order valence-electron chi connectivity index (χ3n) is 3.55. The van der Waals surface area contributed by atoms with Gasteiger partial charge in [0.2, 0.25) is 0 Å². The van der Waals surface area contributed by atoms with Crippen LogP contribution in [0, 0.1) is 12.7 Å². The number of nitrogens with zero attached hydrogens (tertiary/aromatic N) is 2. The molecule has 2 N–H and O–H groups in total. The van der Waals surface area contributed by atoms with Gasteiger partial charge in [-0.3, -0.25) is 0 Å². The molecule has 1 atom stereocenters. The van der Waals surface area contributed by atoms with Crippen LogP contribution >= 0.6 is 0 Å². The van der Waals surface area contributed by atoms with Crippen molar-refractivity contribution >= 4 is 0 Å². The fourth-order valence-electron chi connectivity index (χ4n) is 2.39. The van der Waals surface area contributed by atoms with E-state index >= 15 is 0 Å². The molecule has 0 bridgehead atoms. The van der Waals surface area contributed by atoms with Crippen LogP contribution in [0.1, 0.15) is 22.7 Å². The number of halogens is 1. The Morgan fingerprint density at radius 3 is 2.62 bits per heavy atom. The van der Waals surface area contributed by atoms with Gasteiger partial charge in [0, 0.05) is 11.8 Å². The second-order valence-electron chi connectivity index (χ2n) is 5.03. The lowest BCUT2D eigenvalue weighted by atomic mass is 9.98. The zero-order chi connectivity index (χ0) is 14.8. The predicted octanol–water partition coefficient (Wildman–Crippen LogP) is 3.37. The van der Waals surface area contributed by atoms with E-state index in [4.69, 9.17) is 5.73 Å². The molecule has 21 heavy (non-hydrogen) atoms. The summed E-state index contributed by atoms with van der Waals surface area (Å²) in [7, 11) is 0.